The molecule has 76 valence electrons. The molecule has 0 aromatic carbocycles. The molecule has 0 aliphatic heterocycles. The van der Waals surface area contributed by atoms with Gasteiger partial charge in [-0.25, -0.2) is 0 Å². The van der Waals surface area contributed by atoms with E-state index in [0.29, 0.717) is 18.4 Å². The lowest BCUT2D eigenvalue weighted by Gasteiger charge is -2.20. The molecule has 1 aliphatic rings. The fourth-order valence-electron chi connectivity index (χ4n) is 1.56. The van der Waals surface area contributed by atoms with Gasteiger partial charge in [0.2, 0.25) is 0 Å². The van der Waals surface area contributed by atoms with Gasteiger partial charge in [0.15, 0.2) is 5.78 Å². The normalized spacial score (nSPS) is 22.4. The second-order valence-electron chi connectivity index (χ2n) is 3.70. The Bertz CT molecular complexity index is 341. The summed E-state index contributed by atoms with van der Waals surface area (Å²) in [5.74, 6) is -0.192. The number of nitrogens with zero attached hydrogens (tertiary/aromatic N) is 1. The van der Waals surface area contributed by atoms with Gasteiger partial charge >= 0.3 is 0 Å². The van der Waals surface area contributed by atoms with E-state index in [1.807, 2.05) is 0 Å². The fraction of sp³-hybridized carbons (Fsp3) is 0.500. The maximum Gasteiger partial charge on any atom is 0.253 e. The van der Waals surface area contributed by atoms with Gasteiger partial charge in [-0.3, -0.25) is 14.9 Å². The fourth-order valence-corrected chi connectivity index (χ4v) is 1.56. The Balaban J connectivity index is 3.02. The zero-order valence-corrected chi connectivity index (χ0v) is 8.37. The Morgan fingerprint density at radius 2 is 2.14 bits per heavy atom. The molecule has 0 bridgehead atoms. The van der Waals surface area contributed by atoms with Gasteiger partial charge in [-0.1, -0.05) is 12.2 Å². The van der Waals surface area contributed by atoms with Crippen molar-refractivity contribution >= 4 is 5.78 Å². The standard InChI is InChI=1S/C10H13NO3/c1-6(2)8-4-9(11(13)14)7(3)10(12)5-8/h8H,1,4-5H2,2-3H3/t8-/m0/s1. The Kier molecular flexibility index (Phi) is 2.84. The minimum Gasteiger partial charge on any atom is -0.294 e. The van der Waals surface area contributed by atoms with Gasteiger partial charge in [-0.15, -0.1) is 0 Å². The van der Waals surface area contributed by atoms with E-state index in [1.165, 1.54) is 6.92 Å². The first kappa shape index (κ1) is 10.6. The van der Waals surface area contributed by atoms with Crippen LogP contribution in [-0.2, 0) is 4.79 Å². The molecule has 1 aliphatic carbocycles. The van der Waals surface area contributed by atoms with Gasteiger partial charge in [0, 0.05) is 12.8 Å². The van der Waals surface area contributed by atoms with E-state index in [4.69, 9.17) is 0 Å². The number of carbonyl (C=O) groups excluding carboxylic acids is 1. The molecular formula is C10H13NO3. The lowest BCUT2D eigenvalue weighted by atomic mass is 9.83. The van der Waals surface area contributed by atoms with Crippen molar-refractivity contribution in [3.05, 3.63) is 33.5 Å². The molecule has 0 heterocycles. The second-order valence-corrected chi connectivity index (χ2v) is 3.70. The number of carbonyl (C=O) groups is 1. The van der Waals surface area contributed by atoms with Crippen LogP contribution in [0.3, 0.4) is 0 Å². The molecule has 0 fully saturated rings. The number of rotatable bonds is 2. The molecule has 4 heteroatoms. The number of hydrogen-bond donors (Lipinski definition) is 0. The van der Waals surface area contributed by atoms with Crippen LogP contribution >= 0.6 is 0 Å². The zero-order valence-electron chi connectivity index (χ0n) is 8.37. The van der Waals surface area contributed by atoms with Crippen molar-refractivity contribution in [3.63, 3.8) is 0 Å². The topological polar surface area (TPSA) is 60.2 Å². The SMILES string of the molecule is C=C(C)[C@@H]1CC(=O)C(C)=C([N+](=O)[O-])C1. The highest BCUT2D eigenvalue weighted by atomic mass is 16.6. The van der Waals surface area contributed by atoms with Crippen molar-refractivity contribution in [2.75, 3.05) is 0 Å². The van der Waals surface area contributed by atoms with Crippen molar-refractivity contribution in [1.29, 1.82) is 0 Å². The van der Waals surface area contributed by atoms with Crippen molar-refractivity contribution in [3.8, 4) is 0 Å². The van der Waals surface area contributed by atoms with E-state index < -0.39 is 4.92 Å². The molecule has 0 unspecified atom stereocenters. The number of ketones is 1. The molecule has 1 rings (SSSR count). The van der Waals surface area contributed by atoms with Gasteiger partial charge < -0.3 is 0 Å². The highest BCUT2D eigenvalue weighted by Crippen LogP contribution is 2.30. The van der Waals surface area contributed by atoms with Crippen LogP contribution in [0.4, 0.5) is 0 Å². The summed E-state index contributed by atoms with van der Waals surface area (Å²) in [5, 5.41) is 10.6. The lowest BCUT2D eigenvalue weighted by Crippen LogP contribution is -2.22. The number of allylic oxidation sites excluding steroid dienone is 3. The highest BCUT2D eigenvalue weighted by molar-refractivity contribution is 5.96. The lowest BCUT2D eigenvalue weighted by molar-refractivity contribution is -0.430. The third kappa shape index (κ3) is 1.89. The van der Waals surface area contributed by atoms with Crippen LogP contribution in [-0.4, -0.2) is 10.7 Å². The second kappa shape index (κ2) is 3.74. The van der Waals surface area contributed by atoms with Crippen molar-refractivity contribution in [1.82, 2.24) is 0 Å². The van der Waals surface area contributed by atoms with E-state index >= 15 is 0 Å². The summed E-state index contributed by atoms with van der Waals surface area (Å²) in [4.78, 5) is 21.6. The highest BCUT2D eigenvalue weighted by Gasteiger charge is 2.31. The Hall–Kier alpha value is -1.45. The molecule has 0 radical (unpaired) electrons. The predicted molar refractivity (Wildman–Crippen MR) is 52.2 cm³/mol. The van der Waals surface area contributed by atoms with Crippen LogP contribution in [0.1, 0.15) is 26.7 Å². The van der Waals surface area contributed by atoms with Gasteiger partial charge in [0.05, 0.1) is 10.5 Å². The van der Waals surface area contributed by atoms with Crippen LogP contribution in [0.5, 0.6) is 0 Å². The molecule has 14 heavy (non-hydrogen) atoms. The molecule has 1 atom stereocenters. The molecule has 0 saturated carbocycles. The number of hydrogen-bond acceptors (Lipinski definition) is 3. The largest absolute Gasteiger partial charge is 0.294 e. The minimum atomic E-state index is -0.456. The number of nitro groups is 1. The summed E-state index contributed by atoms with van der Waals surface area (Å²) in [6.07, 6.45) is 0.693. The van der Waals surface area contributed by atoms with Gasteiger partial charge in [-0.05, 0) is 19.8 Å². The molecular weight excluding hydrogens is 182 g/mol. The molecule has 0 aromatic rings. The minimum absolute atomic E-state index is 0.0502. The molecule has 0 amide bonds. The summed E-state index contributed by atoms with van der Waals surface area (Å²) in [6, 6.07) is 0. The summed E-state index contributed by atoms with van der Waals surface area (Å²) < 4.78 is 0. The van der Waals surface area contributed by atoms with E-state index in [1.54, 1.807) is 6.92 Å². The van der Waals surface area contributed by atoms with Crippen LogP contribution in [0.25, 0.3) is 0 Å². The van der Waals surface area contributed by atoms with Crippen LogP contribution in [0, 0.1) is 16.0 Å². The third-order valence-corrected chi connectivity index (χ3v) is 2.64. The van der Waals surface area contributed by atoms with E-state index in [0.717, 1.165) is 5.57 Å². The maximum atomic E-state index is 11.4. The van der Waals surface area contributed by atoms with Crippen LogP contribution in [0.15, 0.2) is 23.4 Å². The Morgan fingerprint density at radius 3 is 2.57 bits per heavy atom. The average Bonchev–Trinajstić information content (AvgIpc) is 2.08. The van der Waals surface area contributed by atoms with E-state index in [2.05, 4.69) is 6.58 Å². The maximum absolute atomic E-state index is 11.4. The molecule has 0 spiro atoms. The summed E-state index contributed by atoms with van der Waals surface area (Å²) in [7, 11) is 0. The Morgan fingerprint density at radius 1 is 1.57 bits per heavy atom. The quantitative estimate of drug-likeness (QED) is 0.385. The predicted octanol–water partition coefficient (Wildman–Crippen LogP) is 2.09. The molecule has 0 aromatic heterocycles. The zero-order chi connectivity index (χ0) is 10.9. The average molecular weight is 195 g/mol. The number of Topliss-reactive ketones (excluding diaryl/α,β-unsaturated/α-hetero) is 1. The van der Waals surface area contributed by atoms with Crippen LogP contribution < -0.4 is 0 Å². The first-order chi connectivity index (χ1) is 6.43. The first-order valence-corrected chi connectivity index (χ1v) is 4.46. The van der Waals surface area contributed by atoms with Crippen LogP contribution in [0.2, 0.25) is 0 Å². The summed E-state index contributed by atoms with van der Waals surface area (Å²) in [6.45, 7) is 7.06. The van der Waals surface area contributed by atoms with Gasteiger partial charge in [0.1, 0.15) is 0 Å². The molecule has 0 N–H and O–H groups in total. The monoisotopic (exact) mass is 195 g/mol. The Labute approximate surface area is 82.5 Å². The van der Waals surface area contributed by atoms with E-state index in [9.17, 15) is 14.9 Å². The smallest absolute Gasteiger partial charge is 0.253 e. The summed E-state index contributed by atoms with van der Waals surface area (Å²) in [5.41, 5.74) is 1.19. The molecule has 0 saturated heterocycles. The van der Waals surface area contributed by atoms with Crippen molar-refractivity contribution in [2.45, 2.75) is 26.7 Å². The first-order valence-electron chi connectivity index (χ1n) is 4.46. The van der Waals surface area contributed by atoms with Gasteiger partial charge in [0.25, 0.3) is 5.70 Å². The van der Waals surface area contributed by atoms with Crippen molar-refractivity contribution < 1.29 is 9.72 Å². The van der Waals surface area contributed by atoms with E-state index in [-0.39, 0.29) is 17.4 Å². The third-order valence-electron chi connectivity index (χ3n) is 2.64. The van der Waals surface area contributed by atoms with Gasteiger partial charge in [-0.2, -0.15) is 0 Å². The summed E-state index contributed by atoms with van der Waals surface area (Å²) >= 11 is 0. The van der Waals surface area contributed by atoms with Crippen molar-refractivity contribution in [2.24, 2.45) is 5.92 Å². The molecule has 4 nitrogen and oxygen atoms in total.